The van der Waals surface area contributed by atoms with E-state index in [1.165, 1.54) is 14.2 Å². The van der Waals surface area contributed by atoms with Crippen LogP contribution in [0.15, 0.2) is 58.7 Å². The molecule has 4 rings (SSSR count). The summed E-state index contributed by atoms with van der Waals surface area (Å²) in [7, 11) is -3.34. The molecule has 0 aliphatic carbocycles. The first-order chi connectivity index (χ1) is 54.4. The van der Waals surface area contributed by atoms with Gasteiger partial charge in [0.15, 0.2) is 60.5 Å². The molecule has 0 aromatic carbocycles. The number of allylic oxidation sites excluding steroid dienone is 7. The second kappa shape index (κ2) is 48.2. The van der Waals surface area contributed by atoms with Crippen LogP contribution in [0.5, 0.6) is 0 Å². The van der Waals surface area contributed by atoms with Crippen LogP contribution in [-0.2, 0) is 83.8 Å². The van der Waals surface area contributed by atoms with Gasteiger partial charge in [-0.2, -0.15) is 0 Å². The van der Waals surface area contributed by atoms with Crippen LogP contribution in [0, 0.1) is 17.8 Å². The van der Waals surface area contributed by atoms with Crippen LogP contribution in [0.2, 0.25) is 90.7 Å². The number of hydrogen-bond acceptors (Lipinski definition) is 21. The van der Waals surface area contributed by atoms with Crippen molar-refractivity contribution >= 4 is 47.6 Å². The Morgan fingerprint density at radius 1 is 0.612 bits per heavy atom. The number of carboxylic acids is 1. The lowest BCUT2D eigenvalue weighted by Crippen LogP contribution is -2.68. The second-order valence-corrected chi connectivity index (χ2v) is 59.9. The third kappa shape index (κ3) is 27.7. The van der Waals surface area contributed by atoms with E-state index >= 15 is 0 Å². The topological polar surface area (TPSA) is 255 Å². The summed E-state index contributed by atoms with van der Waals surface area (Å²) in [5.74, 6) is -3.84. The fraction of sp³-hybridized carbons (Fsp3) is 0.876. The number of rotatable bonds is 51. The molecular weight excluding hydrogens is 1560 g/mol. The number of carbonyl (C=O) groups is 1. The molecule has 25 atom stereocenters. The maximum atomic E-state index is 13.0. The van der Waals surface area contributed by atoms with Crippen molar-refractivity contribution in [1.29, 1.82) is 0 Å². The van der Waals surface area contributed by atoms with Crippen LogP contribution in [-0.4, -0.2) is 244 Å². The molecule has 0 radical (unpaired) electrons. The lowest BCUT2D eigenvalue weighted by molar-refractivity contribution is -0.372. The quantitative estimate of drug-likeness (QED) is 0.0251. The molecule has 27 heteroatoms. The maximum absolute atomic E-state index is 13.0. The standard InChI is InChI=1S/C89H170O22Si5/c1-34-113(35-2,36-3)108-78-64(18)73(54-69(58-95-27)103-77-57-88(26,111-116(43-10,44-11)45-12)84(68(22)101-77)105-76-56-75(97-29)79(66(20)100-76)107-112(32,33)87(23,24)25)106-89(99-31,65(78)19)83(92)71(91)55-74(96-28)70(90)48-46-47-59(13)49-50-72(62(16)52-60(14)51-61(15)53-63(17)85(93)94)104-86-82(110-115(40-7,41-8)42-9)81(80(98-30)67(21)102-86)109-114(37-4,38-5)39-6/h47,49-53,62,64-84,86,90-92H,34-46,48,54-58H2,1-33H3,(H,93,94)/b50-49+,59-47+,60-52+,61-51+,63-53+/t62-,64+,65-,66-,67+,68+,69-,70+,71+,72-,73-,74+,75-,76+,77+,78+,79-,80+,81-,82+,83-,84+,86+,88+,89-/m1/s1. The summed E-state index contributed by atoms with van der Waals surface area (Å²) in [4.78, 5) is 11.8. The van der Waals surface area contributed by atoms with Crippen LogP contribution < -0.4 is 0 Å². The zero-order valence-corrected chi connectivity index (χ0v) is 83.8. The molecule has 0 amide bonds. The van der Waals surface area contributed by atoms with E-state index in [2.05, 4.69) is 156 Å². The van der Waals surface area contributed by atoms with E-state index in [0.29, 0.717) is 19.3 Å². The van der Waals surface area contributed by atoms with Gasteiger partial charge < -0.3 is 99.4 Å². The Balaban J connectivity index is 1.71. The van der Waals surface area contributed by atoms with Crippen molar-refractivity contribution in [2.24, 2.45) is 17.8 Å². The Morgan fingerprint density at radius 2 is 1.14 bits per heavy atom. The summed E-state index contributed by atoms with van der Waals surface area (Å²) in [5, 5.41) is 47.3. The Kier molecular flexibility index (Phi) is 44.4. The monoisotopic (exact) mass is 1730 g/mol. The first kappa shape index (κ1) is 107. The van der Waals surface area contributed by atoms with E-state index in [1.807, 2.05) is 60.6 Å². The van der Waals surface area contributed by atoms with Gasteiger partial charge in [-0.05, 0) is 165 Å². The van der Waals surface area contributed by atoms with E-state index in [1.54, 1.807) is 34.3 Å². The normalized spacial score (nSPS) is 31.5. The van der Waals surface area contributed by atoms with Gasteiger partial charge in [-0.1, -0.05) is 172 Å². The minimum atomic E-state index is -2.37. The SMILES string of the molecule is CC[Si](CC)(CC)O[C@H]1[C@H](O[Si](CC)(CC)CC)[C@H](O[C@H](/C=C/C(C)=C/CC[C@H](O)[C@H](C[C@H](O)[C@@H](O)[C@]2(OC)O[C@H](C[C@H](COC)O[C@H]3C[C@](C)(O[Si](CC)(CC)CC)[C@@H](O[C@H]4C[C@@H](OC)[C@H](O[Si](C)(C)C(C)(C)C)[C@@H](C)O4)[C@H](C)O3)[C@H](C)[C@H](O[Si](CC)(CC)CC)[C@H]2C)OC)[C@H](C)/C=C(C)/C=C(C)/C=C(\C)C(=O)O)O[C@@H](C)[C@@H]1OC. The number of aliphatic hydroxyl groups is 3. The Morgan fingerprint density at radius 3 is 1.63 bits per heavy atom. The van der Waals surface area contributed by atoms with Gasteiger partial charge >= 0.3 is 5.97 Å². The summed E-state index contributed by atoms with van der Waals surface area (Å²) >= 11 is 0. The molecule has 22 nitrogen and oxygen atoms in total. The van der Waals surface area contributed by atoms with Gasteiger partial charge in [0.05, 0.1) is 85.5 Å². The van der Waals surface area contributed by atoms with Crippen molar-refractivity contribution in [3.8, 4) is 0 Å². The van der Waals surface area contributed by atoms with Gasteiger partial charge in [-0.3, -0.25) is 0 Å². The molecular formula is C89H170O22Si5. The zero-order chi connectivity index (χ0) is 87.9. The zero-order valence-electron chi connectivity index (χ0n) is 78.8. The molecule has 4 fully saturated rings. The molecule has 4 saturated heterocycles. The molecule has 0 spiro atoms. The van der Waals surface area contributed by atoms with Crippen molar-refractivity contribution in [3.05, 3.63) is 58.7 Å². The molecule has 0 bridgehead atoms. The Bertz CT molecular complexity index is 2990. The molecule has 0 saturated carbocycles. The maximum Gasteiger partial charge on any atom is 0.331 e. The highest BCUT2D eigenvalue weighted by atomic mass is 28.4. The third-order valence-corrected chi connectivity index (χ3v) is 51.0. The summed E-state index contributed by atoms with van der Waals surface area (Å²) in [6, 6.07) is 11.0. The first-order valence-corrected chi connectivity index (χ1v) is 57.8. The summed E-state index contributed by atoms with van der Waals surface area (Å²) in [5.41, 5.74) is 2.03. The van der Waals surface area contributed by atoms with Crippen molar-refractivity contribution < 1.29 is 104 Å². The summed E-state index contributed by atoms with van der Waals surface area (Å²) < 4.78 is 118. The number of hydrogen-bond donors (Lipinski definition) is 4. The van der Waals surface area contributed by atoms with Crippen molar-refractivity contribution in [1.82, 2.24) is 0 Å². The minimum absolute atomic E-state index is 0.00381. The molecule has 0 aromatic heterocycles. The van der Waals surface area contributed by atoms with Crippen LogP contribution >= 0.6 is 0 Å². The summed E-state index contributed by atoms with van der Waals surface area (Å²) in [6.07, 6.45) is 0.322. The molecule has 4 aliphatic heterocycles. The molecule has 4 heterocycles. The number of methoxy groups -OCH3 is 5. The van der Waals surface area contributed by atoms with Crippen LogP contribution in [0.3, 0.4) is 0 Å². The van der Waals surface area contributed by atoms with E-state index in [0.717, 1.165) is 89.2 Å². The van der Waals surface area contributed by atoms with E-state index in [4.69, 9.17) is 79.0 Å². The predicted molar refractivity (Wildman–Crippen MR) is 476 cm³/mol. The average molecular weight is 1730 g/mol. The van der Waals surface area contributed by atoms with E-state index in [-0.39, 0.29) is 72.7 Å². The lowest BCUT2D eigenvalue weighted by Gasteiger charge is -2.55. The molecule has 4 N–H and O–H groups in total. The second-order valence-electron chi connectivity index (χ2n) is 36.2. The van der Waals surface area contributed by atoms with Crippen molar-refractivity contribution in [2.75, 3.05) is 42.2 Å². The van der Waals surface area contributed by atoms with Crippen LogP contribution in [0.1, 0.15) is 219 Å². The van der Waals surface area contributed by atoms with Gasteiger partial charge in [-0.15, -0.1) is 0 Å². The number of aliphatic hydroxyl groups excluding tert-OH is 3. The molecule has 4 aliphatic rings. The highest BCUT2D eigenvalue weighted by Gasteiger charge is 2.61. The Labute approximate surface area is 709 Å². The molecule has 678 valence electrons. The number of ether oxygens (including phenoxy) is 12. The highest BCUT2D eigenvalue weighted by molar-refractivity contribution is 6.75. The first-order valence-electron chi connectivity index (χ1n) is 44.7. The van der Waals surface area contributed by atoms with Gasteiger partial charge in [0.1, 0.15) is 30.5 Å². The molecule has 116 heavy (non-hydrogen) atoms. The fourth-order valence-electron chi connectivity index (χ4n) is 18.1. The smallest absolute Gasteiger partial charge is 0.331 e. The Hall–Kier alpha value is -1.55. The minimum Gasteiger partial charge on any atom is -0.478 e. The van der Waals surface area contributed by atoms with Gasteiger partial charge in [0, 0.05) is 84.6 Å². The van der Waals surface area contributed by atoms with E-state index in [9.17, 15) is 25.2 Å². The predicted octanol–water partition coefficient (Wildman–Crippen LogP) is 18.9. The van der Waals surface area contributed by atoms with Crippen molar-refractivity contribution in [3.63, 3.8) is 0 Å². The largest absolute Gasteiger partial charge is 0.478 e. The average Bonchev–Trinajstić information content (AvgIpc) is 0.745. The summed E-state index contributed by atoms with van der Waals surface area (Å²) in [6.45, 7) is 60.1. The van der Waals surface area contributed by atoms with E-state index < -0.39 is 163 Å². The van der Waals surface area contributed by atoms with Gasteiger partial charge in [-0.25, -0.2) is 4.79 Å². The van der Waals surface area contributed by atoms with Gasteiger partial charge in [0.2, 0.25) is 5.79 Å². The number of carboxylic acid groups (broad SMARTS) is 1. The van der Waals surface area contributed by atoms with Crippen LogP contribution in [0.25, 0.3) is 0 Å². The van der Waals surface area contributed by atoms with Gasteiger partial charge in [0.25, 0.3) is 0 Å². The molecule has 0 unspecified atom stereocenters. The highest BCUT2D eigenvalue weighted by Crippen LogP contribution is 2.49. The number of aliphatic carboxylic acids is 1. The van der Waals surface area contributed by atoms with Crippen LogP contribution in [0.4, 0.5) is 0 Å². The fourth-order valence-corrected chi connectivity index (χ4v) is 31.3. The van der Waals surface area contributed by atoms with Crippen molar-refractivity contribution in [2.45, 2.75) is 443 Å². The molecule has 0 aromatic rings. The lowest BCUT2D eigenvalue weighted by atomic mass is 9.76. The third-order valence-electron chi connectivity index (χ3n) is 27.9.